The van der Waals surface area contributed by atoms with Gasteiger partial charge in [-0.15, -0.1) is 0 Å². The molecule has 0 saturated carbocycles. The number of anilines is 2. The van der Waals surface area contributed by atoms with E-state index in [1.54, 1.807) is 29.2 Å². The zero-order valence-electron chi connectivity index (χ0n) is 15.5. The average Bonchev–Trinajstić information content (AvgIpc) is 3.12. The average molecular weight is 387 g/mol. The lowest BCUT2D eigenvalue weighted by Crippen LogP contribution is -2.05. The van der Waals surface area contributed by atoms with Crippen molar-refractivity contribution in [2.24, 2.45) is 0 Å². The molecule has 0 aliphatic rings. The van der Waals surface area contributed by atoms with Crippen molar-refractivity contribution in [2.45, 2.75) is 13.0 Å². The van der Waals surface area contributed by atoms with Gasteiger partial charge in [-0.3, -0.25) is 4.79 Å². The zero-order valence-corrected chi connectivity index (χ0v) is 15.5. The number of ketones is 1. The highest BCUT2D eigenvalue weighted by molar-refractivity contribution is 5.90. The minimum Gasteiger partial charge on any atom is -0.324 e. The summed E-state index contributed by atoms with van der Waals surface area (Å²) in [6.45, 7) is 4.02. The third-order valence-electron chi connectivity index (χ3n) is 4.41. The van der Waals surface area contributed by atoms with Crippen LogP contribution in [0.1, 0.15) is 11.1 Å². The summed E-state index contributed by atoms with van der Waals surface area (Å²) in [6.07, 6.45) is 5.06. The molecule has 144 valence electrons. The predicted molar refractivity (Wildman–Crippen MR) is 109 cm³/mol. The highest BCUT2D eigenvalue weighted by atomic mass is 19.1. The lowest BCUT2D eigenvalue weighted by molar-refractivity contribution is -0.114. The Morgan fingerprint density at radius 2 is 1.93 bits per heavy atom. The Bertz CT molecular complexity index is 1180. The molecule has 1 N–H and O–H groups in total. The van der Waals surface area contributed by atoms with Crippen molar-refractivity contribution in [1.82, 2.24) is 19.7 Å². The maximum Gasteiger partial charge on any atom is 0.229 e. The summed E-state index contributed by atoms with van der Waals surface area (Å²) in [5, 5.41) is 8.29. The van der Waals surface area contributed by atoms with Gasteiger partial charge in [0.15, 0.2) is 11.4 Å². The smallest absolute Gasteiger partial charge is 0.229 e. The monoisotopic (exact) mass is 387 g/mol. The molecule has 2 heterocycles. The Morgan fingerprint density at radius 1 is 1.14 bits per heavy atom. The fraction of sp³-hybridized carbons (Fsp3) is 0.0909. The van der Waals surface area contributed by atoms with E-state index in [-0.39, 0.29) is 11.6 Å². The minimum absolute atomic E-state index is 0.0176. The molecule has 7 heteroatoms. The van der Waals surface area contributed by atoms with Crippen LogP contribution in [0, 0.1) is 5.82 Å². The topological polar surface area (TPSA) is 72.7 Å². The van der Waals surface area contributed by atoms with Gasteiger partial charge in [-0.1, -0.05) is 30.8 Å². The number of benzene rings is 2. The third-order valence-corrected chi connectivity index (χ3v) is 4.41. The standard InChI is InChI=1S/C22H18FN5O/c1-2-20(29)11-15-4-3-5-16(10-15)14-28-21-17(13-25-28)12-24-22(27-21)26-19-8-6-18(23)7-9-19/h2-10,12-13H,1,11,14H2,(H,24,26,27). The maximum atomic E-state index is 13.1. The fourth-order valence-electron chi connectivity index (χ4n) is 2.99. The molecule has 29 heavy (non-hydrogen) atoms. The van der Waals surface area contributed by atoms with Gasteiger partial charge in [-0.2, -0.15) is 10.1 Å². The number of aromatic nitrogens is 4. The SMILES string of the molecule is C=CC(=O)Cc1cccc(Cn2ncc3cnc(Nc4ccc(F)cc4)nc32)c1. The number of carbonyl (C=O) groups is 1. The number of rotatable bonds is 7. The number of hydrogen-bond acceptors (Lipinski definition) is 5. The second-order valence-corrected chi connectivity index (χ2v) is 6.57. The minimum atomic E-state index is -0.304. The molecule has 0 unspecified atom stereocenters. The van der Waals surface area contributed by atoms with Crippen LogP contribution in [0.25, 0.3) is 11.0 Å². The number of nitrogens with one attached hydrogen (secondary N) is 1. The van der Waals surface area contributed by atoms with E-state index in [0.717, 1.165) is 16.5 Å². The third kappa shape index (κ3) is 4.35. The van der Waals surface area contributed by atoms with E-state index in [1.807, 2.05) is 24.3 Å². The summed E-state index contributed by atoms with van der Waals surface area (Å²) in [7, 11) is 0. The van der Waals surface area contributed by atoms with Gasteiger partial charge in [0.25, 0.3) is 0 Å². The van der Waals surface area contributed by atoms with Crippen LogP contribution < -0.4 is 5.32 Å². The van der Waals surface area contributed by atoms with Crippen molar-refractivity contribution in [1.29, 1.82) is 0 Å². The number of allylic oxidation sites excluding steroid dienone is 1. The second-order valence-electron chi connectivity index (χ2n) is 6.57. The van der Waals surface area contributed by atoms with Crippen LogP contribution in [0.5, 0.6) is 0 Å². The second kappa shape index (κ2) is 8.02. The molecule has 0 atom stereocenters. The number of halogens is 1. The molecule has 4 aromatic rings. The summed E-state index contributed by atoms with van der Waals surface area (Å²) >= 11 is 0. The number of hydrogen-bond donors (Lipinski definition) is 1. The molecule has 0 spiro atoms. The number of fused-ring (bicyclic) bond motifs is 1. The van der Waals surface area contributed by atoms with Gasteiger partial charge in [0.2, 0.25) is 5.95 Å². The van der Waals surface area contributed by atoms with Crippen LogP contribution in [-0.2, 0) is 17.8 Å². The molecule has 6 nitrogen and oxygen atoms in total. The van der Waals surface area contributed by atoms with E-state index in [0.29, 0.717) is 30.2 Å². The molecular weight excluding hydrogens is 369 g/mol. The van der Waals surface area contributed by atoms with E-state index in [1.165, 1.54) is 18.2 Å². The molecule has 0 bridgehead atoms. The molecule has 0 radical (unpaired) electrons. The Labute approximate surface area is 166 Å². The van der Waals surface area contributed by atoms with Crippen molar-refractivity contribution < 1.29 is 9.18 Å². The van der Waals surface area contributed by atoms with Crippen molar-refractivity contribution in [3.8, 4) is 0 Å². The van der Waals surface area contributed by atoms with Crippen LogP contribution in [0.15, 0.2) is 73.6 Å². The highest BCUT2D eigenvalue weighted by Gasteiger charge is 2.09. The Balaban J connectivity index is 1.58. The molecule has 0 aliphatic carbocycles. The highest BCUT2D eigenvalue weighted by Crippen LogP contribution is 2.18. The summed E-state index contributed by atoms with van der Waals surface area (Å²) in [5.41, 5.74) is 3.31. The first-order valence-corrected chi connectivity index (χ1v) is 9.05. The van der Waals surface area contributed by atoms with Crippen LogP contribution >= 0.6 is 0 Å². The van der Waals surface area contributed by atoms with Gasteiger partial charge in [0.05, 0.1) is 18.1 Å². The lowest BCUT2D eigenvalue weighted by Gasteiger charge is -2.07. The summed E-state index contributed by atoms with van der Waals surface area (Å²) in [5.74, 6) is 0.0779. The predicted octanol–water partition coefficient (Wildman–Crippen LogP) is 4.05. The van der Waals surface area contributed by atoms with Gasteiger partial charge in [0, 0.05) is 18.3 Å². The molecule has 4 rings (SSSR count). The largest absolute Gasteiger partial charge is 0.324 e. The first kappa shape index (κ1) is 18.5. The van der Waals surface area contributed by atoms with Gasteiger partial charge >= 0.3 is 0 Å². The number of carbonyl (C=O) groups excluding carboxylic acids is 1. The van der Waals surface area contributed by atoms with E-state index in [4.69, 9.17) is 0 Å². The van der Waals surface area contributed by atoms with Crippen LogP contribution in [0.4, 0.5) is 16.0 Å². The van der Waals surface area contributed by atoms with E-state index >= 15 is 0 Å². The van der Waals surface area contributed by atoms with Gasteiger partial charge < -0.3 is 5.32 Å². The fourth-order valence-corrected chi connectivity index (χ4v) is 2.99. The molecule has 2 aromatic carbocycles. The Kier molecular flexibility index (Phi) is 5.11. The summed E-state index contributed by atoms with van der Waals surface area (Å²) < 4.78 is 14.9. The van der Waals surface area contributed by atoms with Gasteiger partial charge in [0.1, 0.15) is 5.82 Å². The number of nitrogens with zero attached hydrogens (tertiary/aromatic N) is 4. The Hall–Kier alpha value is -3.87. The van der Waals surface area contributed by atoms with Gasteiger partial charge in [-0.25, -0.2) is 14.1 Å². The van der Waals surface area contributed by atoms with Gasteiger partial charge in [-0.05, 0) is 41.5 Å². The van der Waals surface area contributed by atoms with Crippen molar-refractivity contribution in [2.75, 3.05) is 5.32 Å². The first-order valence-electron chi connectivity index (χ1n) is 9.05. The lowest BCUT2D eigenvalue weighted by atomic mass is 10.1. The zero-order chi connectivity index (χ0) is 20.2. The quantitative estimate of drug-likeness (QED) is 0.484. The van der Waals surface area contributed by atoms with E-state index in [2.05, 4.69) is 27.0 Å². The first-order chi connectivity index (χ1) is 14.1. The normalized spacial score (nSPS) is 10.8. The van der Waals surface area contributed by atoms with E-state index < -0.39 is 0 Å². The van der Waals surface area contributed by atoms with E-state index in [9.17, 15) is 9.18 Å². The van der Waals surface area contributed by atoms with Crippen molar-refractivity contribution in [3.63, 3.8) is 0 Å². The summed E-state index contributed by atoms with van der Waals surface area (Å²) in [6, 6.07) is 13.8. The summed E-state index contributed by atoms with van der Waals surface area (Å²) in [4.78, 5) is 20.4. The molecule has 0 aliphatic heterocycles. The molecule has 0 amide bonds. The molecular formula is C22H18FN5O. The molecule has 0 fully saturated rings. The molecule has 0 saturated heterocycles. The molecule has 2 aromatic heterocycles. The van der Waals surface area contributed by atoms with Crippen molar-refractivity contribution >= 4 is 28.5 Å². The maximum absolute atomic E-state index is 13.1. The van der Waals surface area contributed by atoms with Crippen LogP contribution in [0.3, 0.4) is 0 Å². The van der Waals surface area contributed by atoms with Crippen LogP contribution in [0.2, 0.25) is 0 Å². The Morgan fingerprint density at radius 3 is 2.72 bits per heavy atom. The van der Waals surface area contributed by atoms with Crippen molar-refractivity contribution in [3.05, 3.63) is 90.5 Å². The van der Waals surface area contributed by atoms with Crippen LogP contribution in [-0.4, -0.2) is 25.5 Å².